The lowest BCUT2D eigenvalue weighted by Crippen LogP contribution is -2.56. The molecule has 0 saturated carbocycles. The predicted octanol–water partition coefficient (Wildman–Crippen LogP) is 2.34. The van der Waals surface area contributed by atoms with Gasteiger partial charge in [0.2, 0.25) is 5.91 Å². The summed E-state index contributed by atoms with van der Waals surface area (Å²) in [5, 5.41) is 3.44. The van der Waals surface area contributed by atoms with Gasteiger partial charge in [0.05, 0.1) is 6.04 Å². The van der Waals surface area contributed by atoms with Crippen LogP contribution in [0.5, 0.6) is 0 Å². The van der Waals surface area contributed by atoms with Crippen LogP contribution in [0.2, 0.25) is 0 Å². The highest BCUT2D eigenvalue weighted by Crippen LogP contribution is 2.31. The van der Waals surface area contributed by atoms with E-state index in [1.165, 1.54) is 6.42 Å². The Morgan fingerprint density at radius 1 is 1.14 bits per heavy atom. The van der Waals surface area contributed by atoms with Crippen LogP contribution in [-0.2, 0) is 4.79 Å². The monoisotopic (exact) mass is 297 g/mol. The number of rotatable bonds is 8. The second-order valence-electron chi connectivity index (χ2n) is 6.78. The molecule has 0 radical (unpaired) electrons. The number of carbonyl (C=O) groups is 1. The van der Waals surface area contributed by atoms with Gasteiger partial charge < -0.3 is 15.1 Å². The summed E-state index contributed by atoms with van der Waals surface area (Å²) in [6.07, 6.45) is 3.37. The molecule has 21 heavy (non-hydrogen) atoms. The van der Waals surface area contributed by atoms with E-state index in [-0.39, 0.29) is 11.5 Å². The first kappa shape index (κ1) is 18.4. The summed E-state index contributed by atoms with van der Waals surface area (Å²) in [5.41, 5.74) is 0.0711. The number of nitrogens with zero attached hydrogens (tertiary/aromatic N) is 2. The van der Waals surface area contributed by atoms with Crippen molar-refractivity contribution in [1.82, 2.24) is 15.1 Å². The number of amides is 1. The molecule has 1 aliphatic rings. The van der Waals surface area contributed by atoms with Crippen molar-refractivity contribution in [3.05, 3.63) is 0 Å². The normalized spacial score (nSPS) is 21.5. The molecule has 1 unspecified atom stereocenters. The first-order chi connectivity index (χ1) is 9.96. The zero-order valence-corrected chi connectivity index (χ0v) is 14.7. The van der Waals surface area contributed by atoms with Crippen LogP contribution in [0.25, 0.3) is 0 Å². The summed E-state index contributed by atoms with van der Waals surface area (Å²) >= 11 is 0. The van der Waals surface area contributed by atoms with E-state index in [0.29, 0.717) is 5.91 Å². The van der Waals surface area contributed by atoms with Crippen LogP contribution < -0.4 is 5.32 Å². The van der Waals surface area contributed by atoms with Crippen LogP contribution in [-0.4, -0.2) is 61.0 Å². The van der Waals surface area contributed by atoms with Crippen molar-refractivity contribution in [1.29, 1.82) is 0 Å². The molecule has 0 aromatic heterocycles. The SMILES string of the molecule is CCN(CC)CCCN(CC)C(=O)C1NCCCC1(C)C. The van der Waals surface area contributed by atoms with E-state index in [9.17, 15) is 4.79 Å². The van der Waals surface area contributed by atoms with Crippen molar-refractivity contribution in [3.8, 4) is 0 Å². The molecule has 1 saturated heterocycles. The Morgan fingerprint density at radius 2 is 1.81 bits per heavy atom. The van der Waals surface area contributed by atoms with Crippen molar-refractivity contribution < 1.29 is 4.79 Å². The van der Waals surface area contributed by atoms with Gasteiger partial charge in [-0.25, -0.2) is 0 Å². The Balaban J connectivity index is 2.52. The Bertz CT molecular complexity index is 313. The number of piperidine rings is 1. The summed E-state index contributed by atoms with van der Waals surface area (Å²) in [4.78, 5) is 17.3. The second kappa shape index (κ2) is 8.74. The molecule has 124 valence electrons. The van der Waals surface area contributed by atoms with Gasteiger partial charge in [-0.05, 0) is 57.8 Å². The van der Waals surface area contributed by atoms with E-state index in [4.69, 9.17) is 0 Å². The molecule has 1 fully saturated rings. The summed E-state index contributed by atoms with van der Waals surface area (Å²) in [5.74, 6) is 0.293. The lowest BCUT2D eigenvalue weighted by molar-refractivity contribution is -0.137. The molecule has 4 heteroatoms. The number of hydrogen-bond acceptors (Lipinski definition) is 3. The Labute approximate surface area is 131 Å². The smallest absolute Gasteiger partial charge is 0.240 e. The molecule has 0 aliphatic carbocycles. The Morgan fingerprint density at radius 3 is 2.33 bits per heavy atom. The van der Waals surface area contributed by atoms with Crippen LogP contribution in [0.4, 0.5) is 0 Å². The predicted molar refractivity (Wildman–Crippen MR) is 89.5 cm³/mol. The topological polar surface area (TPSA) is 35.6 Å². The van der Waals surface area contributed by atoms with Gasteiger partial charge in [-0.3, -0.25) is 4.79 Å². The molecule has 1 aliphatic heterocycles. The number of nitrogens with one attached hydrogen (secondary N) is 1. The van der Waals surface area contributed by atoms with Gasteiger partial charge in [0.1, 0.15) is 0 Å². The van der Waals surface area contributed by atoms with Gasteiger partial charge in [-0.2, -0.15) is 0 Å². The molecule has 0 spiro atoms. The third-order valence-corrected chi connectivity index (χ3v) is 4.86. The zero-order valence-electron chi connectivity index (χ0n) is 14.7. The van der Waals surface area contributed by atoms with E-state index < -0.39 is 0 Å². The van der Waals surface area contributed by atoms with Gasteiger partial charge in [0, 0.05) is 13.1 Å². The fraction of sp³-hybridized carbons (Fsp3) is 0.941. The maximum atomic E-state index is 12.8. The summed E-state index contributed by atoms with van der Waals surface area (Å²) in [7, 11) is 0. The molecule has 1 amide bonds. The first-order valence-corrected chi connectivity index (χ1v) is 8.70. The van der Waals surface area contributed by atoms with E-state index in [1.54, 1.807) is 0 Å². The average molecular weight is 297 g/mol. The van der Waals surface area contributed by atoms with Crippen LogP contribution in [0.15, 0.2) is 0 Å². The van der Waals surface area contributed by atoms with Crippen LogP contribution in [0, 0.1) is 5.41 Å². The summed E-state index contributed by atoms with van der Waals surface area (Å²) < 4.78 is 0. The van der Waals surface area contributed by atoms with Gasteiger partial charge in [-0.1, -0.05) is 27.7 Å². The van der Waals surface area contributed by atoms with E-state index in [1.807, 2.05) is 4.90 Å². The third-order valence-electron chi connectivity index (χ3n) is 4.86. The molecule has 1 heterocycles. The molecule has 4 nitrogen and oxygen atoms in total. The quantitative estimate of drug-likeness (QED) is 0.747. The molecular weight excluding hydrogens is 262 g/mol. The molecule has 1 N–H and O–H groups in total. The molecular formula is C17H35N3O. The van der Waals surface area contributed by atoms with Crippen molar-refractivity contribution in [2.45, 2.75) is 59.9 Å². The van der Waals surface area contributed by atoms with Crippen LogP contribution in [0.1, 0.15) is 53.9 Å². The minimum atomic E-state index is -0.0142. The lowest BCUT2D eigenvalue weighted by atomic mass is 9.77. The van der Waals surface area contributed by atoms with E-state index in [0.717, 1.165) is 52.1 Å². The third kappa shape index (κ3) is 5.26. The minimum absolute atomic E-state index is 0.0142. The Hall–Kier alpha value is -0.610. The highest BCUT2D eigenvalue weighted by atomic mass is 16.2. The van der Waals surface area contributed by atoms with Crippen molar-refractivity contribution in [2.24, 2.45) is 5.41 Å². The second-order valence-corrected chi connectivity index (χ2v) is 6.78. The molecule has 0 bridgehead atoms. The standard InChI is InChI=1S/C17H35N3O/c1-6-19(7-2)13-10-14-20(8-3)16(21)15-17(4,5)11-9-12-18-15/h15,18H,6-14H2,1-5H3. The maximum absolute atomic E-state index is 12.8. The van der Waals surface area contributed by atoms with Crippen molar-refractivity contribution >= 4 is 5.91 Å². The van der Waals surface area contributed by atoms with Gasteiger partial charge >= 0.3 is 0 Å². The van der Waals surface area contributed by atoms with Gasteiger partial charge in [-0.15, -0.1) is 0 Å². The highest BCUT2D eigenvalue weighted by molar-refractivity contribution is 5.82. The van der Waals surface area contributed by atoms with E-state index >= 15 is 0 Å². The first-order valence-electron chi connectivity index (χ1n) is 8.70. The number of likely N-dealkylation sites (N-methyl/N-ethyl adjacent to an activating group) is 1. The molecule has 1 atom stereocenters. The fourth-order valence-corrected chi connectivity index (χ4v) is 3.26. The minimum Gasteiger partial charge on any atom is -0.342 e. The van der Waals surface area contributed by atoms with Crippen molar-refractivity contribution in [2.75, 3.05) is 39.3 Å². The van der Waals surface area contributed by atoms with Crippen LogP contribution >= 0.6 is 0 Å². The molecule has 0 aromatic carbocycles. The largest absolute Gasteiger partial charge is 0.342 e. The van der Waals surface area contributed by atoms with Gasteiger partial charge in [0.25, 0.3) is 0 Å². The average Bonchev–Trinajstić information content (AvgIpc) is 2.46. The van der Waals surface area contributed by atoms with Crippen molar-refractivity contribution in [3.63, 3.8) is 0 Å². The number of carbonyl (C=O) groups excluding carboxylic acids is 1. The molecule has 0 aromatic rings. The Kier molecular flexibility index (Phi) is 7.67. The van der Waals surface area contributed by atoms with E-state index in [2.05, 4.69) is 44.8 Å². The summed E-state index contributed by atoms with van der Waals surface area (Å²) in [6, 6.07) is -0.0142. The highest BCUT2D eigenvalue weighted by Gasteiger charge is 2.38. The zero-order chi connectivity index (χ0) is 15.9. The maximum Gasteiger partial charge on any atom is 0.240 e. The fourth-order valence-electron chi connectivity index (χ4n) is 3.26. The number of hydrogen-bond donors (Lipinski definition) is 1. The lowest BCUT2D eigenvalue weighted by Gasteiger charge is -2.40. The molecule has 1 rings (SSSR count). The van der Waals surface area contributed by atoms with Gasteiger partial charge in [0.15, 0.2) is 0 Å². The van der Waals surface area contributed by atoms with Crippen LogP contribution in [0.3, 0.4) is 0 Å². The summed E-state index contributed by atoms with van der Waals surface area (Å²) in [6.45, 7) is 16.8.